The Labute approximate surface area is 115 Å². The molecule has 2 heterocycles. The lowest BCUT2D eigenvalue weighted by Gasteiger charge is -2.36. The minimum absolute atomic E-state index is 0.319. The van der Waals surface area contributed by atoms with Gasteiger partial charge in [0.15, 0.2) is 0 Å². The smallest absolute Gasteiger partial charge is 0.0826 e. The third-order valence-electron chi connectivity index (χ3n) is 3.15. The average molecular weight is 319 g/mol. The van der Waals surface area contributed by atoms with Crippen LogP contribution in [0, 0.1) is 0 Å². The fraction of sp³-hybridized carbons (Fsp3) is 0.667. The Morgan fingerprint density at radius 1 is 1.71 bits per heavy atom. The number of nitrogens with zero attached hydrogens (tertiary/aromatic N) is 1. The van der Waals surface area contributed by atoms with Gasteiger partial charge in [-0.3, -0.25) is 4.90 Å². The van der Waals surface area contributed by atoms with E-state index in [9.17, 15) is 0 Å². The van der Waals surface area contributed by atoms with Crippen LogP contribution in [0.2, 0.25) is 0 Å². The van der Waals surface area contributed by atoms with Crippen LogP contribution in [0.1, 0.15) is 17.8 Å². The van der Waals surface area contributed by atoms with Crippen molar-refractivity contribution >= 4 is 27.3 Å². The zero-order chi connectivity index (χ0) is 12.3. The highest BCUT2D eigenvalue weighted by Crippen LogP contribution is 2.30. The molecule has 0 bridgehead atoms. The van der Waals surface area contributed by atoms with E-state index < -0.39 is 0 Å². The molecule has 1 aromatic heterocycles. The third kappa shape index (κ3) is 3.51. The Morgan fingerprint density at radius 3 is 3.18 bits per heavy atom. The monoisotopic (exact) mass is 318 g/mol. The number of thiophene rings is 1. The van der Waals surface area contributed by atoms with Gasteiger partial charge < -0.3 is 10.1 Å². The minimum Gasteiger partial charge on any atom is -0.374 e. The van der Waals surface area contributed by atoms with E-state index in [2.05, 4.69) is 44.5 Å². The summed E-state index contributed by atoms with van der Waals surface area (Å²) in [6.45, 7) is 6.08. The molecule has 5 heteroatoms. The van der Waals surface area contributed by atoms with E-state index in [-0.39, 0.29) is 0 Å². The largest absolute Gasteiger partial charge is 0.374 e. The van der Waals surface area contributed by atoms with Crippen LogP contribution in [0.3, 0.4) is 0 Å². The van der Waals surface area contributed by atoms with Crippen molar-refractivity contribution < 1.29 is 4.74 Å². The van der Waals surface area contributed by atoms with Gasteiger partial charge in [0.05, 0.1) is 12.7 Å². The summed E-state index contributed by atoms with van der Waals surface area (Å²) in [5.74, 6) is 0. The molecule has 1 N–H and O–H groups in total. The molecule has 0 amide bonds. The Balaban J connectivity index is 1.97. The first-order chi connectivity index (χ1) is 8.20. The molecule has 1 aliphatic rings. The highest BCUT2D eigenvalue weighted by molar-refractivity contribution is 9.10. The van der Waals surface area contributed by atoms with Gasteiger partial charge in [-0.2, -0.15) is 0 Å². The topological polar surface area (TPSA) is 24.5 Å². The summed E-state index contributed by atoms with van der Waals surface area (Å²) < 4.78 is 6.91. The van der Waals surface area contributed by atoms with Crippen LogP contribution in [0.4, 0.5) is 0 Å². The summed E-state index contributed by atoms with van der Waals surface area (Å²) >= 11 is 5.34. The Kier molecular flexibility index (Phi) is 4.99. The van der Waals surface area contributed by atoms with Gasteiger partial charge in [-0.1, -0.05) is 0 Å². The van der Waals surface area contributed by atoms with Crippen molar-refractivity contribution in [2.24, 2.45) is 0 Å². The van der Waals surface area contributed by atoms with E-state index >= 15 is 0 Å². The average Bonchev–Trinajstić information content (AvgIpc) is 2.76. The fourth-order valence-electron chi connectivity index (χ4n) is 2.17. The predicted octanol–water partition coefficient (Wildman–Crippen LogP) is 2.49. The van der Waals surface area contributed by atoms with Crippen molar-refractivity contribution in [1.29, 1.82) is 0 Å². The molecule has 96 valence electrons. The van der Waals surface area contributed by atoms with Crippen LogP contribution in [0.25, 0.3) is 0 Å². The number of nitrogens with one attached hydrogen (secondary N) is 1. The molecular weight excluding hydrogens is 300 g/mol. The first kappa shape index (κ1) is 13.5. The molecule has 0 radical (unpaired) electrons. The normalized spacial score (nSPS) is 23.8. The summed E-state index contributed by atoms with van der Waals surface area (Å²) in [4.78, 5) is 3.92. The molecule has 1 aromatic rings. The van der Waals surface area contributed by atoms with Crippen LogP contribution < -0.4 is 5.32 Å². The van der Waals surface area contributed by atoms with E-state index in [1.807, 2.05) is 18.4 Å². The van der Waals surface area contributed by atoms with Crippen LogP contribution in [-0.4, -0.2) is 44.3 Å². The van der Waals surface area contributed by atoms with E-state index in [0.717, 1.165) is 26.2 Å². The van der Waals surface area contributed by atoms with Gasteiger partial charge >= 0.3 is 0 Å². The first-order valence-electron chi connectivity index (χ1n) is 5.95. The van der Waals surface area contributed by atoms with Crippen LogP contribution in [0.5, 0.6) is 0 Å². The van der Waals surface area contributed by atoms with Gasteiger partial charge in [0, 0.05) is 40.4 Å². The molecule has 0 aliphatic carbocycles. The highest BCUT2D eigenvalue weighted by atomic mass is 79.9. The van der Waals surface area contributed by atoms with Gasteiger partial charge in [0.1, 0.15) is 0 Å². The lowest BCUT2D eigenvalue weighted by molar-refractivity contribution is -0.0388. The fourth-order valence-corrected chi connectivity index (χ4v) is 3.71. The summed E-state index contributed by atoms with van der Waals surface area (Å²) in [6, 6.07) is 2.70. The minimum atomic E-state index is 0.319. The Morgan fingerprint density at radius 2 is 2.53 bits per heavy atom. The second-order valence-corrected chi connectivity index (χ2v) is 6.25. The standard InChI is InChI=1S/C12H19BrN2OS/c1-9(12-5-10(13)8-17-12)15-3-4-16-11(7-15)6-14-2/h5,8-9,11,14H,3-4,6-7H2,1-2H3. The van der Waals surface area contributed by atoms with E-state index in [4.69, 9.17) is 4.74 Å². The molecule has 0 saturated carbocycles. The summed E-state index contributed by atoms with van der Waals surface area (Å²) in [6.07, 6.45) is 0.319. The van der Waals surface area contributed by atoms with Gasteiger partial charge in [-0.25, -0.2) is 0 Å². The summed E-state index contributed by atoms with van der Waals surface area (Å²) in [5.41, 5.74) is 0. The van der Waals surface area contributed by atoms with E-state index in [1.54, 1.807) is 0 Å². The number of ether oxygens (including phenoxy) is 1. The molecule has 3 nitrogen and oxygen atoms in total. The second kappa shape index (κ2) is 6.29. The number of morpholine rings is 1. The molecule has 2 unspecified atom stereocenters. The molecule has 17 heavy (non-hydrogen) atoms. The lowest BCUT2D eigenvalue weighted by Crippen LogP contribution is -2.46. The Bertz CT molecular complexity index is 356. The molecule has 0 spiro atoms. The predicted molar refractivity (Wildman–Crippen MR) is 75.7 cm³/mol. The van der Waals surface area contributed by atoms with Crippen molar-refractivity contribution in [2.45, 2.75) is 19.1 Å². The molecule has 2 rings (SSSR count). The van der Waals surface area contributed by atoms with Crippen molar-refractivity contribution in [1.82, 2.24) is 10.2 Å². The molecule has 0 aromatic carbocycles. The van der Waals surface area contributed by atoms with Crippen LogP contribution in [0.15, 0.2) is 15.9 Å². The van der Waals surface area contributed by atoms with Crippen LogP contribution >= 0.6 is 27.3 Å². The van der Waals surface area contributed by atoms with Crippen LogP contribution in [-0.2, 0) is 4.74 Å². The number of halogens is 1. The lowest BCUT2D eigenvalue weighted by atomic mass is 10.2. The van der Waals surface area contributed by atoms with Gasteiger partial charge in [-0.05, 0) is 36.0 Å². The SMILES string of the molecule is CNCC1CN(C(C)c2cc(Br)cs2)CCO1. The number of rotatable bonds is 4. The maximum Gasteiger partial charge on any atom is 0.0826 e. The molecule has 1 aliphatic heterocycles. The second-order valence-electron chi connectivity index (χ2n) is 4.39. The molecule has 1 fully saturated rings. The number of hydrogen-bond acceptors (Lipinski definition) is 4. The van der Waals surface area contributed by atoms with Crippen molar-refractivity contribution in [2.75, 3.05) is 33.3 Å². The highest BCUT2D eigenvalue weighted by Gasteiger charge is 2.25. The first-order valence-corrected chi connectivity index (χ1v) is 7.62. The van der Waals surface area contributed by atoms with Gasteiger partial charge in [-0.15, -0.1) is 11.3 Å². The zero-order valence-electron chi connectivity index (χ0n) is 10.3. The maximum absolute atomic E-state index is 5.73. The molecule has 1 saturated heterocycles. The summed E-state index contributed by atoms with van der Waals surface area (Å²) in [7, 11) is 1.97. The van der Waals surface area contributed by atoms with Crippen molar-refractivity contribution in [3.63, 3.8) is 0 Å². The van der Waals surface area contributed by atoms with Gasteiger partial charge in [0.25, 0.3) is 0 Å². The number of hydrogen-bond donors (Lipinski definition) is 1. The number of likely N-dealkylation sites (N-methyl/N-ethyl adjacent to an activating group) is 1. The quantitative estimate of drug-likeness (QED) is 0.923. The van der Waals surface area contributed by atoms with Crippen molar-refractivity contribution in [3.8, 4) is 0 Å². The summed E-state index contributed by atoms with van der Waals surface area (Å²) in [5, 5.41) is 5.33. The van der Waals surface area contributed by atoms with Gasteiger partial charge in [0.2, 0.25) is 0 Å². The van der Waals surface area contributed by atoms with E-state index in [0.29, 0.717) is 12.1 Å². The molecule has 2 atom stereocenters. The maximum atomic E-state index is 5.73. The zero-order valence-corrected chi connectivity index (χ0v) is 12.7. The van der Waals surface area contributed by atoms with E-state index in [1.165, 1.54) is 9.35 Å². The molecular formula is C12H19BrN2OS. The third-order valence-corrected chi connectivity index (χ3v) is 5.01. The van der Waals surface area contributed by atoms with Crippen molar-refractivity contribution in [3.05, 3.63) is 20.8 Å². The Hall–Kier alpha value is 0.0600.